The number of thioether (sulfide) groups is 1. The highest BCUT2D eigenvalue weighted by Gasteiger charge is 2.17. The number of carbonyl (C=O) groups is 1. The van der Waals surface area contributed by atoms with E-state index in [4.69, 9.17) is 5.73 Å². The van der Waals surface area contributed by atoms with Gasteiger partial charge in [-0.2, -0.15) is 4.98 Å². The average Bonchev–Trinajstić information content (AvgIpc) is 2.21. The van der Waals surface area contributed by atoms with Gasteiger partial charge in [0.1, 0.15) is 0 Å². The van der Waals surface area contributed by atoms with E-state index in [1.807, 2.05) is 0 Å². The number of nitrogens with two attached hydrogens (primary N) is 1. The standard InChI is InChI=1S/C8H12N4O3S/c1-3-4(5(9)13)16-8-10-6(14)7(15)11-12(8)2/h4H,3H2,1-2H3,(H2,9,13)(H,11,15). The molecule has 1 heterocycles. The quantitative estimate of drug-likeness (QED) is 0.512. The molecular weight excluding hydrogens is 232 g/mol. The molecular formula is C8H12N4O3S. The molecule has 0 aliphatic carbocycles. The number of hydrogen-bond acceptors (Lipinski definition) is 5. The molecule has 0 aliphatic rings. The molecule has 1 amide bonds. The Balaban J connectivity index is 3.06. The van der Waals surface area contributed by atoms with E-state index in [2.05, 4.69) is 10.1 Å². The van der Waals surface area contributed by atoms with Gasteiger partial charge in [-0.05, 0) is 6.42 Å². The van der Waals surface area contributed by atoms with Crippen molar-refractivity contribution in [3.63, 3.8) is 0 Å². The SMILES string of the molecule is CCC(Sc1nc(=O)c(=O)[nH]n1C)C(N)=O. The van der Waals surface area contributed by atoms with Crippen LogP contribution in [0, 0.1) is 0 Å². The van der Waals surface area contributed by atoms with Crippen molar-refractivity contribution < 1.29 is 4.79 Å². The molecule has 8 heteroatoms. The molecule has 1 aromatic heterocycles. The zero-order valence-electron chi connectivity index (χ0n) is 8.89. The van der Waals surface area contributed by atoms with Crippen LogP contribution in [0.25, 0.3) is 0 Å². The van der Waals surface area contributed by atoms with Crippen LogP contribution < -0.4 is 16.9 Å². The Morgan fingerprint density at radius 3 is 2.75 bits per heavy atom. The molecule has 1 rings (SSSR count). The van der Waals surface area contributed by atoms with Gasteiger partial charge in [-0.15, -0.1) is 0 Å². The third-order valence-electron chi connectivity index (χ3n) is 1.88. The lowest BCUT2D eigenvalue weighted by Crippen LogP contribution is -2.35. The first-order valence-corrected chi connectivity index (χ1v) is 5.47. The number of H-pyrrole nitrogens is 1. The van der Waals surface area contributed by atoms with E-state index in [1.54, 1.807) is 6.92 Å². The predicted octanol–water partition coefficient (Wildman–Crippen LogP) is -1.18. The Morgan fingerprint density at radius 2 is 2.25 bits per heavy atom. The number of nitrogens with zero attached hydrogens (tertiary/aromatic N) is 2. The van der Waals surface area contributed by atoms with E-state index in [0.29, 0.717) is 6.42 Å². The van der Waals surface area contributed by atoms with E-state index < -0.39 is 22.3 Å². The van der Waals surface area contributed by atoms with Crippen molar-refractivity contribution in [1.29, 1.82) is 0 Å². The van der Waals surface area contributed by atoms with Gasteiger partial charge >= 0.3 is 11.1 Å². The van der Waals surface area contributed by atoms with Gasteiger partial charge in [0.25, 0.3) is 0 Å². The molecule has 16 heavy (non-hydrogen) atoms. The summed E-state index contributed by atoms with van der Waals surface area (Å²) in [6.07, 6.45) is 0.523. The van der Waals surface area contributed by atoms with Crippen molar-refractivity contribution in [2.24, 2.45) is 12.8 Å². The van der Waals surface area contributed by atoms with Crippen LogP contribution in [0.1, 0.15) is 13.3 Å². The summed E-state index contributed by atoms with van der Waals surface area (Å²) in [4.78, 5) is 36.5. The normalized spacial score (nSPS) is 12.4. The van der Waals surface area contributed by atoms with E-state index in [-0.39, 0.29) is 5.16 Å². The van der Waals surface area contributed by atoms with Crippen LogP contribution in [-0.2, 0) is 11.8 Å². The van der Waals surface area contributed by atoms with Gasteiger partial charge in [-0.3, -0.25) is 24.2 Å². The number of amides is 1. The lowest BCUT2D eigenvalue weighted by molar-refractivity contribution is -0.117. The Kier molecular flexibility index (Phi) is 3.88. The predicted molar refractivity (Wildman–Crippen MR) is 59.2 cm³/mol. The molecule has 1 atom stereocenters. The number of rotatable bonds is 4. The Bertz CT molecular complexity index is 507. The molecule has 0 radical (unpaired) electrons. The van der Waals surface area contributed by atoms with E-state index >= 15 is 0 Å². The minimum Gasteiger partial charge on any atom is -0.369 e. The minimum atomic E-state index is -0.875. The molecule has 0 bridgehead atoms. The summed E-state index contributed by atoms with van der Waals surface area (Å²) in [5.74, 6) is -0.479. The molecule has 88 valence electrons. The number of nitrogens with one attached hydrogen (secondary N) is 1. The van der Waals surface area contributed by atoms with Gasteiger partial charge in [-0.25, -0.2) is 0 Å². The first-order valence-electron chi connectivity index (χ1n) is 4.59. The van der Waals surface area contributed by atoms with Crippen LogP contribution in [0.2, 0.25) is 0 Å². The maximum Gasteiger partial charge on any atom is 0.339 e. The fourth-order valence-corrected chi connectivity index (χ4v) is 1.91. The van der Waals surface area contributed by atoms with Crippen LogP contribution in [0.15, 0.2) is 14.7 Å². The molecule has 0 aliphatic heterocycles. The fourth-order valence-electron chi connectivity index (χ4n) is 1.04. The largest absolute Gasteiger partial charge is 0.369 e. The van der Waals surface area contributed by atoms with Gasteiger partial charge in [0.05, 0.1) is 5.25 Å². The first-order chi connectivity index (χ1) is 7.45. The highest BCUT2D eigenvalue weighted by Crippen LogP contribution is 2.20. The molecule has 0 fully saturated rings. The minimum absolute atomic E-state index is 0.259. The van der Waals surface area contributed by atoms with Gasteiger partial charge in [-0.1, -0.05) is 18.7 Å². The molecule has 1 aromatic rings. The number of aromatic amines is 1. The van der Waals surface area contributed by atoms with Gasteiger partial charge in [0.2, 0.25) is 5.91 Å². The maximum absolute atomic E-state index is 11.0. The molecule has 7 nitrogen and oxygen atoms in total. The molecule has 0 saturated heterocycles. The van der Waals surface area contributed by atoms with Gasteiger partial charge < -0.3 is 5.73 Å². The van der Waals surface area contributed by atoms with Crippen molar-refractivity contribution in [3.8, 4) is 0 Å². The number of aromatic nitrogens is 3. The molecule has 0 aromatic carbocycles. The Hall–Kier alpha value is -1.57. The molecule has 3 N–H and O–H groups in total. The number of aryl methyl sites for hydroxylation is 1. The monoisotopic (exact) mass is 244 g/mol. The Labute approximate surface area is 95.0 Å². The zero-order chi connectivity index (χ0) is 12.3. The summed E-state index contributed by atoms with van der Waals surface area (Å²) in [5.41, 5.74) is 3.50. The third kappa shape index (κ3) is 2.72. The molecule has 1 unspecified atom stereocenters. The summed E-state index contributed by atoms with van der Waals surface area (Å²) >= 11 is 1.05. The fraction of sp³-hybridized carbons (Fsp3) is 0.500. The summed E-state index contributed by atoms with van der Waals surface area (Å²) in [6, 6.07) is 0. The van der Waals surface area contributed by atoms with E-state index in [1.165, 1.54) is 11.7 Å². The van der Waals surface area contributed by atoms with E-state index in [0.717, 1.165) is 11.8 Å². The highest BCUT2D eigenvalue weighted by molar-refractivity contribution is 8.00. The number of carbonyl (C=O) groups excluding carboxylic acids is 1. The summed E-state index contributed by atoms with van der Waals surface area (Å²) in [6.45, 7) is 1.80. The topological polar surface area (TPSA) is 111 Å². The summed E-state index contributed by atoms with van der Waals surface area (Å²) in [5, 5.41) is 2.08. The average molecular weight is 244 g/mol. The smallest absolute Gasteiger partial charge is 0.339 e. The summed E-state index contributed by atoms with van der Waals surface area (Å²) < 4.78 is 1.29. The second kappa shape index (κ2) is 4.97. The molecule has 0 spiro atoms. The maximum atomic E-state index is 11.0. The number of primary amides is 1. The molecule has 0 saturated carbocycles. The van der Waals surface area contributed by atoms with Crippen molar-refractivity contribution in [2.75, 3.05) is 0 Å². The summed E-state index contributed by atoms with van der Waals surface area (Å²) in [7, 11) is 1.53. The van der Waals surface area contributed by atoms with Gasteiger partial charge in [0.15, 0.2) is 5.16 Å². The first kappa shape index (κ1) is 12.5. The van der Waals surface area contributed by atoms with Crippen molar-refractivity contribution in [1.82, 2.24) is 14.8 Å². The number of hydrogen-bond donors (Lipinski definition) is 2. The highest BCUT2D eigenvalue weighted by atomic mass is 32.2. The van der Waals surface area contributed by atoms with Crippen LogP contribution in [0.4, 0.5) is 0 Å². The lowest BCUT2D eigenvalue weighted by Gasteiger charge is -2.11. The van der Waals surface area contributed by atoms with Gasteiger partial charge in [0, 0.05) is 7.05 Å². The second-order valence-electron chi connectivity index (χ2n) is 3.12. The third-order valence-corrected chi connectivity index (χ3v) is 3.31. The Morgan fingerprint density at radius 1 is 1.62 bits per heavy atom. The van der Waals surface area contributed by atoms with Crippen LogP contribution in [0.3, 0.4) is 0 Å². The van der Waals surface area contributed by atoms with Crippen molar-refractivity contribution in [2.45, 2.75) is 23.8 Å². The van der Waals surface area contributed by atoms with Crippen molar-refractivity contribution in [3.05, 3.63) is 20.7 Å². The zero-order valence-corrected chi connectivity index (χ0v) is 9.71. The van der Waals surface area contributed by atoms with Crippen LogP contribution >= 0.6 is 11.8 Å². The van der Waals surface area contributed by atoms with Crippen LogP contribution in [0.5, 0.6) is 0 Å². The van der Waals surface area contributed by atoms with E-state index in [9.17, 15) is 14.4 Å². The van der Waals surface area contributed by atoms with Crippen molar-refractivity contribution >= 4 is 17.7 Å². The van der Waals surface area contributed by atoms with Crippen LogP contribution in [-0.4, -0.2) is 25.9 Å². The second-order valence-corrected chi connectivity index (χ2v) is 4.29. The lowest BCUT2D eigenvalue weighted by atomic mass is 10.3.